The molecule has 126 valence electrons. The maximum Gasteiger partial charge on any atom is 0.223 e. The van der Waals surface area contributed by atoms with E-state index in [9.17, 15) is 4.79 Å². The molecule has 2 atom stereocenters. The largest absolute Gasteiger partial charge is 0.351 e. The highest BCUT2D eigenvalue weighted by Crippen LogP contribution is 2.39. The average molecular weight is 388 g/mol. The van der Waals surface area contributed by atoms with Gasteiger partial charge in [-0.15, -0.1) is 0 Å². The van der Waals surface area contributed by atoms with Crippen molar-refractivity contribution in [3.05, 3.63) is 41.3 Å². The molecule has 5 heteroatoms. The second-order valence-electron chi connectivity index (χ2n) is 7.41. The number of carbonyl (C=O) groups is 1. The maximum atomic E-state index is 12.5. The lowest BCUT2D eigenvalue weighted by atomic mass is 10.1. The Morgan fingerprint density at radius 3 is 2.75 bits per heavy atom. The van der Waals surface area contributed by atoms with E-state index >= 15 is 0 Å². The third-order valence-electron chi connectivity index (χ3n) is 5.40. The second-order valence-corrected chi connectivity index (χ2v) is 8.32. The van der Waals surface area contributed by atoms with Crippen molar-refractivity contribution >= 4 is 21.8 Å². The highest BCUT2D eigenvalue weighted by Gasteiger charge is 2.41. The minimum Gasteiger partial charge on any atom is -0.351 e. The van der Waals surface area contributed by atoms with Crippen LogP contribution in [-0.2, 0) is 4.79 Å². The smallest absolute Gasteiger partial charge is 0.223 e. The third-order valence-corrected chi connectivity index (χ3v) is 5.93. The number of benzene rings is 1. The van der Waals surface area contributed by atoms with Crippen LogP contribution in [0.25, 0.3) is 11.3 Å². The number of hydrogen-bond donors (Lipinski definition) is 1. The van der Waals surface area contributed by atoms with E-state index in [2.05, 4.69) is 49.9 Å². The number of carbonyl (C=O) groups excluding carboxylic acids is 1. The van der Waals surface area contributed by atoms with Crippen LogP contribution < -0.4 is 5.32 Å². The molecule has 2 aliphatic rings. The minimum atomic E-state index is 0.0762. The molecule has 0 spiro atoms. The molecule has 1 unspecified atom stereocenters. The molecule has 1 aromatic heterocycles. The van der Waals surface area contributed by atoms with Gasteiger partial charge in [-0.1, -0.05) is 28.1 Å². The van der Waals surface area contributed by atoms with Crippen LogP contribution >= 0.6 is 15.9 Å². The summed E-state index contributed by atoms with van der Waals surface area (Å²) in [5, 5.41) is 3.22. The first-order valence-corrected chi connectivity index (χ1v) is 9.43. The summed E-state index contributed by atoms with van der Waals surface area (Å²) in [6.07, 6.45) is 8.96. The Morgan fingerprint density at radius 1 is 1.29 bits per heavy atom. The number of imidazole rings is 1. The SMILES string of the molecule is CC1(NC(=O)[C@H]2CCC(n3cncc3-c3ccc(Br)cc3)C2)CC1. The van der Waals surface area contributed by atoms with Crippen LogP contribution in [0, 0.1) is 5.92 Å². The molecule has 0 aliphatic heterocycles. The van der Waals surface area contributed by atoms with Crippen LogP contribution in [0.4, 0.5) is 0 Å². The van der Waals surface area contributed by atoms with Gasteiger partial charge in [0.15, 0.2) is 0 Å². The van der Waals surface area contributed by atoms with Gasteiger partial charge in [-0.25, -0.2) is 4.98 Å². The molecule has 2 saturated carbocycles. The number of rotatable bonds is 4. The van der Waals surface area contributed by atoms with E-state index in [1.165, 1.54) is 0 Å². The molecule has 4 rings (SSSR count). The van der Waals surface area contributed by atoms with Crippen LogP contribution in [0.15, 0.2) is 41.3 Å². The van der Waals surface area contributed by atoms with Crippen molar-refractivity contribution in [3.8, 4) is 11.3 Å². The lowest BCUT2D eigenvalue weighted by molar-refractivity contribution is -0.125. The molecular weight excluding hydrogens is 366 g/mol. The van der Waals surface area contributed by atoms with Crippen molar-refractivity contribution in [1.82, 2.24) is 14.9 Å². The molecule has 0 saturated heterocycles. The van der Waals surface area contributed by atoms with Gasteiger partial charge in [-0.05, 0) is 56.7 Å². The van der Waals surface area contributed by atoms with Crippen LogP contribution in [0.5, 0.6) is 0 Å². The zero-order valence-electron chi connectivity index (χ0n) is 13.8. The Balaban J connectivity index is 1.48. The Bertz CT molecular complexity index is 748. The fourth-order valence-electron chi connectivity index (χ4n) is 3.60. The van der Waals surface area contributed by atoms with E-state index < -0.39 is 0 Å². The summed E-state index contributed by atoms with van der Waals surface area (Å²) in [6.45, 7) is 2.14. The van der Waals surface area contributed by atoms with Crippen LogP contribution in [0.1, 0.15) is 45.1 Å². The van der Waals surface area contributed by atoms with Crippen LogP contribution in [0.2, 0.25) is 0 Å². The van der Waals surface area contributed by atoms with Gasteiger partial charge in [0.25, 0.3) is 0 Å². The molecule has 1 amide bonds. The lowest BCUT2D eigenvalue weighted by Crippen LogP contribution is -2.38. The zero-order chi connectivity index (χ0) is 16.7. The van der Waals surface area contributed by atoms with Crippen LogP contribution in [-0.4, -0.2) is 21.0 Å². The number of halogens is 1. The van der Waals surface area contributed by atoms with Gasteiger partial charge in [-0.2, -0.15) is 0 Å². The molecule has 1 N–H and O–H groups in total. The maximum absolute atomic E-state index is 12.5. The van der Waals surface area contributed by atoms with E-state index in [-0.39, 0.29) is 17.4 Å². The molecule has 24 heavy (non-hydrogen) atoms. The van der Waals surface area contributed by atoms with Crippen molar-refractivity contribution in [2.75, 3.05) is 0 Å². The molecule has 2 aromatic rings. The Labute approximate surface area is 150 Å². The molecular formula is C19H22BrN3O. The summed E-state index contributed by atoms with van der Waals surface area (Å²) in [4.78, 5) is 16.8. The fourth-order valence-corrected chi connectivity index (χ4v) is 3.86. The summed E-state index contributed by atoms with van der Waals surface area (Å²) in [5.74, 6) is 0.371. The Hall–Kier alpha value is -1.62. The van der Waals surface area contributed by atoms with Crippen molar-refractivity contribution in [2.45, 2.75) is 50.6 Å². The van der Waals surface area contributed by atoms with Gasteiger partial charge in [0.05, 0.1) is 18.2 Å². The first-order chi connectivity index (χ1) is 11.5. The fraction of sp³-hybridized carbons (Fsp3) is 0.474. The molecule has 1 aromatic carbocycles. The topological polar surface area (TPSA) is 46.9 Å². The summed E-state index contributed by atoms with van der Waals surface area (Å²) in [6, 6.07) is 8.66. The van der Waals surface area contributed by atoms with E-state index in [1.54, 1.807) is 0 Å². The monoisotopic (exact) mass is 387 g/mol. The first-order valence-electron chi connectivity index (χ1n) is 8.64. The van der Waals surface area contributed by atoms with Crippen molar-refractivity contribution in [3.63, 3.8) is 0 Å². The van der Waals surface area contributed by atoms with Gasteiger partial charge in [-0.3, -0.25) is 4.79 Å². The summed E-state index contributed by atoms with van der Waals surface area (Å²) in [7, 11) is 0. The number of nitrogens with one attached hydrogen (secondary N) is 1. The molecule has 1 heterocycles. The predicted molar refractivity (Wildman–Crippen MR) is 97.5 cm³/mol. The van der Waals surface area contributed by atoms with Gasteiger partial charge >= 0.3 is 0 Å². The predicted octanol–water partition coefficient (Wildman–Crippen LogP) is 4.32. The number of hydrogen-bond acceptors (Lipinski definition) is 2. The summed E-state index contributed by atoms with van der Waals surface area (Å²) in [5.41, 5.74) is 2.36. The van der Waals surface area contributed by atoms with E-state index in [0.717, 1.165) is 47.8 Å². The molecule has 2 aliphatic carbocycles. The number of aromatic nitrogens is 2. The van der Waals surface area contributed by atoms with Crippen molar-refractivity contribution < 1.29 is 4.79 Å². The normalized spacial score (nSPS) is 24.8. The molecule has 2 fully saturated rings. The van der Waals surface area contributed by atoms with Crippen molar-refractivity contribution in [1.29, 1.82) is 0 Å². The van der Waals surface area contributed by atoms with E-state index in [1.807, 2.05) is 24.7 Å². The molecule has 0 bridgehead atoms. The third kappa shape index (κ3) is 3.14. The minimum absolute atomic E-state index is 0.0762. The van der Waals surface area contributed by atoms with Gasteiger partial charge in [0.1, 0.15) is 0 Å². The summed E-state index contributed by atoms with van der Waals surface area (Å²) >= 11 is 3.48. The van der Waals surface area contributed by atoms with Gasteiger partial charge < -0.3 is 9.88 Å². The first kappa shape index (κ1) is 15.9. The van der Waals surface area contributed by atoms with E-state index in [4.69, 9.17) is 0 Å². The second kappa shape index (κ2) is 6.03. The van der Waals surface area contributed by atoms with Crippen molar-refractivity contribution in [2.24, 2.45) is 5.92 Å². The van der Waals surface area contributed by atoms with E-state index in [0.29, 0.717) is 6.04 Å². The summed E-state index contributed by atoms with van der Waals surface area (Å²) < 4.78 is 3.32. The highest BCUT2D eigenvalue weighted by atomic mass is 79.9. The lowest BCUT2D eigenvalue weighted by Gasteiger charge is -2.18. The molecule has 4 nitrogen and oxygen atoms in total. The average Bonchev–Trinajstić information content (AvgIpc) is 2.99. The Morgan fingerprint density at radius 2 is 2.04 bits per heavy atom. The Kier molecular flexibility index (Phi) is 3.99. The number of amides is 1. The van der Waals surface area contributed by atoms with Crippen LogP contribution in [0.3, 0.4) is 0 Å². The highest BCUT2D eigenvalue weighted by molar-refractivity contribution is 9.10. The molecule has 0 radical (unpaired) electrons. The number of nitrogens with zero attached hydrogens (tertiary/aromatic N) is 2. The van der Waals surface area contributed by atoms with Gasteiger partial charge in [0.2, 0.25) is 5.91 Å². The standard InChI is InChI=1S/C19H22BrN3O/c1-19(8-9-19)22-18(24)14-4-7-16(10-14)23-12-21-11-17(23)13-2-5-15(20)6-3-13/h2-3,5-6,11-12,14,16H,4,7-10H2,1H3,(H,22,24)/t14-,16?/m0/s1. The quantitative estimate of drug-likeness (QED) is 0.848. The van der Waals surface area contributed by atoms with Gasteiger partial charge in [0, 0.05) is 22.0 Å². The zero-order valence-corrected chi connectivity index (χ0v) is 15.4.